The van der Waals surface area contributed by atoms with Crippen molar-refractivity contribution < 1.29 is 4.74 Å². The maximum atomic E-state index is 5.57. The zero-order chi connectivity index (χ0) is 9.97. The fourth-order valence-electron chi connectivity index (χ4n) is 1.55. The van der Waals surface area contributed by atoms with Crippen LogP contribution in [0.25, 0.3) is 0 Å². The highest BCUT2D eigenvalue weighted by molar-refractivity contribution is 5.41. The number of hydrogen-bond donors (Lipinski definition) is 1. The van der Waals surface area contributed by atoms with Crippen molar-refractivity contribution >= 4 is 11.6 Å². The number of nitrogens with zero attached hydrogens (tertiary/aromatic N) is 3. The molecule has 1 saturated heterocycles. The third-order valence-corrected chi connectivity index (χ3v) is 2.21. The SMILES string of the molecule is C[C@H]1CN(c2cncc(N)n2)CCO1. The van der Waals surface area contributed by atoms with Crippen molar-refractivity contribution in [2.24, 2.45) is 0 Å². The average Bonchev–Trinajstić information content (AvgIpc) is 2.18. The first-order valence-electron chi connectivity index (χ1n) is 4.70. The summed E-state index contributed by atoms with van der Waals surface area (Å²) in [4.78, 5) is 10.4. The molecule has 1 aromatic rings. The highest BCUT2D eigenvalue weighted by atomic mass is 16.5. The van der Waals surface area contributed by atoms with Gasteiger partial charge in [-0.1, -0.05) is 0 Å². The second-order valence-corrected chi connectivity index (χ2v) is 3.43. The Labute approximate surface area is 82.9 Å². The van der Waals surface area contributed by atoms with Crippen LogP contribution in [0.5, 0.6) is 0 Å². The molecule has 2 heterocycles. The van der Waals surface area contributed by atoms with Crippen molar-refractivity contribution in [1.29, 1.82) is 0 Å². The standard InChI is InChI=1S/C9H14N4O/c1-7-6-13(2-3-14-7)9-5-11-4-8(10)12-9/h4-5,7H,2-3,6H2,1H3,(H2,10,12)/t7-/m0/s1. The first kappa shape index (κ1) is 9.21. The number of rotatable bonds is 1. The smallest absolute Gasteiger partial charge is 0.149 e. The summed E-state index contributed by atoms with van der Waals surface area (Å²) in [5.74, 6) is 1.29. The van der Waals surface area contributed by atoms with Gasteiger partial charge in [0, 0.05) is 13.1 Å². The zero-order valence-electron chi connectivity index (χ0n) is 8.18. The van der Waals surface area contributed by atoms with Gasteiger partial charge in [-0.05, 0) is 6.92 Å². The molecule has 0 unspecified atom stereocenters. The van der Waals surface area contributed by atoms with E-state index in [-0.39, 0.29) is 6.10 Å². The van der Waals surface area contributed by atoms with Crippen LogP contribution in [0, 0.1) is 0 Å². The fraction of sp³-hybridized carbons (Fsp3) is 0.556. The summed E-state index contributed by atoms with van der Waals surface area (Å²) in [6.07, 6.45) is 3.52. The van der Waals surface area contributed by atoms with Crippen molar-refractivity contribution in [3.63, 3.8) is 0 Å². The van der Waals surface area contributed by atoms with Crippen LogP contribution in [0.2, 0.25) is 0 Å². The van der Waals surface area contributed by atoms with Crippen molar-refractivity contribution in [3.05, 3.63) is 12.4 Å². The molecule has 1 aliphatic heterocycles. The molecule has 14 heavy (non-hydrogen) atoms. The molecule has 0 spiro atoms. The summed E-state index contributed by atoms with van der Waals surface area (Å²) in [5, 5.41) is 0. The zero-order valence-corrected chi connectivity index (χ0v) is 8.18. The maximum absolute atomic E-state index is 5.57. The normalized spacial score (nSPS) is 22.4. The average molecular weight is 194 g/mol. The van der Waals surface area contributed by atoms with Crippen LogP contribution < -0.4 is 10.6 Å². The van der Waals surface area contributed by atoms with Gasteiger partial charge in [0.25, 0.3) is 0 Å². The fourth-order valence-corrected chi connectivity index (χ4v) is 1.55. The summed E-state index contributed by atoms with van der Waals surface area (Å²) >= 11 is 0. The monoisotopic (exact) mass is 194 g/mol. The Balaban J connectivity index is 2.14. The lowest BCUT2D eigenvalue weighted by molar-refractivity contribution is 0.0529. The van der Waals surface area contributed by atoms with E-state index >= 15 is 0 Å². The van der Waals surface area contributed by atoms with Crippen molar-refractivity contribution in [3.8, 4) is 0 Å². The number of nitrogens with two attached hydrogens (primary N) is 1. The molecule has 2 N–H and O–H groups in total. The van der Waals surface area contributed by atoms with Gasteiger partial charge in [-0.25, -0.2) is 4.98 Å². The molecule has 0 amide bonds. The lowest BCUT2D eigenvalue weighted by atomic mass is 10.3. The molecule has 0 bridgehead atoms. The van der Waals surface area contributed by atoms with Crippen LogP contribution >= 0.6 is 0 Å². The molecule has 0 aliphatic carbocycles. The third-order valence-electron chi connectivity index (χ3n) is 2.21. The van der Waals surface area contributed by atoms with Crippen molar-refractivity contribution in [2.45, 2.75) is 13.0 Å². The highest BCUT2D eigenvalue weighted by Gasteiger charge is 2.17. The molecule has 1 aliphatic rings. The molecule has 2 rings (SSSR count). The number of aromatic nitrogens is 2. The highest BCUT2D eigenvalue weighted by Crippen LogP contribution is 2.14. The minimum Gasteiger partial charge on any atom is -0.382 e. The largest absolute Gasteiger partial charge is 0.382 e. The van der Waals surface area contributed by atoms with Gasteiger partial charge in [0.15, 0.2) is 0 Å². The van der Waals surface area contributed by atoms with E-state index in [1.807, 2.05) is 6.92 Å². The number of anilines is 2. The second kappa shape index (κ2) is 3.79. The molecule has 5 heteroatoms. The molecule has 5 nitrogen and oxygen atoms in total. The van der Waals surface area contributed by atoms with Gasteiger partial charge in [0.05, 0.1) is 25.1 Å². The second-order valence-electron chi connectivity index (χ2n) is 3.43. The van der Waals surface area contributed by atoms with Crippen LogP contribution in [0.1, 0.15) is 6.92 Å². The van der Waals surface area contributed by atoms with Gasteiger partial charge >= 0.3 is 0 Å². The van der Waals surface area contributed by atoms with E-state index in [0.717, 1.165) is 25.5 Å². The Morgan fingerprint density at radius 3 is 3.14 bits per heavy atom. The lowest BCUT2D eigenvalue weighted by Crippen LogP contribution is -2.41. The Hall–Kier alpha value is -1.36. The van der Waals surface area contributed by atoms with Crippen molar-refractivity contribution in [1.82, 2.24) is 9.97 Å². The molecule has 0 saturated carbocycles. The van der Waals surface area contributed by atoms with Crippen LogP contribution in [0.3, 0.4) is 0 Å². The molecule has 1 atom stereocenters. The number of nitrogen functional groups attached to an aromatic ring is 1. The minimum atomic E-state index is 0.243. The Morgan fingerprint density at radius 2 is 2.43 bits per heavy atom. The van der Waals surface area contributed by atoms with E-state index in [4.69, 9.17) is 10.5 Å². The van der Waals surface area contributed by atoms with Gasteiger partial charge in [-0.15, -0.1) is 0 Å². The van der Waals surface area contributed by atoms with E-state index in [9.17, 15) is 0 Å². The van der Waals surface area contributed by atoms with Gasteiger partial charge in [-0.2, -0.15) is 0 Å². The number of ether oxygens (including phenoxy) is 1. The number of hydrogen-bond acceptors (Lipinski definition) is 5. The summed E-state index contributed by atoms with van der Waals surface area (Å²) < 4.78 is 5.44. The Bertz CT molecular complexity index is 317. The van der Waals surface area contributed by atoms with E-state index in [0.29, 0.717) is 5.82 Å². The first-order chi connectivity index (χ1) is 6.75. The topological polar surface area (TPSA) is 64.3 Å². The van der Waals surface area contributed by atoms with Gasteiger partial charge in [0.1, 0.15) is 11.6 Å². The molecule has 0 aromatic carbocycles. The molecular weight excluding hydrogens is 180 g/mol. The first-order valence-corrected chi connectivity index (χ1v) is 4.70. The Morgan fingerprint density at radius 1 is 1.57 bits per heavy atom. The summed E-state index contributed by atoms with van der Waals surface area (Å²) in [6.45, 7) is 4.48. The minimum absolute atomic E-state index is 0.243. The van der Waals surface area contributed by atoms with Gasteiger partial charge < -0.3 is 15.4 Å². The molecular formula is C9H14N4O. The summed E-state index contributed by atoms with van der Waals surface area (Å²) in [5.41, 5.74) is 5.57. The summed E-state index contributed by atoms with van der Waals surface area (Å²) in [6, 6.07) is 0. The van der Waals surface area contributed by atoms with Crippen LogP contribution in [0.15, 0.2) is 12.4 Å². The molecule has 76 valence electrons. The van der Waals surface area contributed by atoms with Crippen LogP contribution in [-0.4, -0.2) is 35.8 Å². The van der Waals surface area contributed by atoms with Crippen molar-refractivity contribution in [2.75, 3.05) is 30.3 Å². The predicted molar refractivity (Wildman–Crippen MR) is 54.1 cm³/mol. The van der Waals surface area contributed by atoms with Gasteiger partial charge in [0.2, 0.25) is 0 Å². The Kier molecular flexibility index (Phi) is 2.49. The van der Waals surface area contributed by atoms with Crippen LogP contribution in [0.4, 0.5) is 11.6 Å². The van der Waals surface area contributed by atoms with E-state index < -0.39 is 0 Å². The third kappa shape index (κ3) is 1.93. The quantitative estimate of drug-likeness (QED) is 0.695. The molecule has 1 aromatic heterocycles. The maximum Gasteiger partial charge on any atom is 0.149 e. The van der Waals surface area contributed by atoms with Gasteiger partial charge in [-0.3, -0.25) is 4.98 Å². The predicted octanol–water partition coefficient (Wildman–Crippen LogP) is 0.284. The van der Waals surface area contributed by atoms with E-state index in [1.54, 1.807) is 12.4 Å². The lowest BCUT2D eigenvalue weighted by Gasteiger charge is -2.31. The molecule has 0 radical (unpaired) electrons. The molecule has 1 fully saturated rings. The van der Waals surface area contributed by atoms with E-state index in [2.05, 4.69) is 14.9 Å². The number of morpholine rings is 1. The summed E-state index contributed by atoms with van der Waals surface area (Å²) in [7, 11) is 0. The van der Waals surface area contributed by atoms with Crippen LogP contribution in [-0.2, 0) is 4.74 Å². The van der Waals surface area contributed by atoms with E-state index in [1.165, 1.54) is 0 Å².